The van der Waals surface area contributed by atoms with Gasteiger partial charge in [-0.15, -0.1) is 11.3 Å². The predicted octanol–water partition coefficient (Wildman–Crippen LogP) is 3.34. The average molecular weight is 361 g/mol. The van der Waals surface area contributed by atoms with Crippen molar-refractivity contribution in [2.45, 2.75) is 59.1 Å². The van der Waals surface area contributed by atoms with Crippen molar-refractivity contribution in [2.24, 2.45) is 0 Å². The quantitative estimate of drug-likeness (QED) is 0.829. The van der Waals surface area contributed by atoms with Crippen LogP contribution in [0.2, 0.25) is 0 Å². The van der Waals surface area contributed by atoms with Crippen molar-refractivity contribution >= 4 is 28.2 Å². The minimum atomic E-state index is -0.348. The highest BCUT2D eigenvalue weighted by Crippen LogP contribution is 2.38. The molecule has 0 radical (unpaired) electrons. The van der Waals surface area contributed by atoms with E-state index in [1.165, 1.54) is 16.2 Å². The second-order valence-electron chi connectivity index (χ2n) is 6.63. The number of thiophene rings is 1. The summed E-state index contributed by atoms with van der Waals surface area (Å²) in [6, 6.07) is 0. The molecule has 7 heteroatoms. The van der Waals surface area contributed by atoms with Crippen molar-refractivity contribution in [3.05, 3.63) is 34.0 Å². The maximum absolute atomic E-state index is 12.6. The second kappa shape index (κ2) is 7.39. The number of ether oxygens (including phenoxy) is 1. The number of carbonyl (C=O) groups excluding carboxylic acids is 2. The van der Waals surface area contributed by atoms with Gasteiger partial charge in [0, 0.05) is 11.1 Å². The third-order valence-electron chi connectivity index (χ3n) is 4.04. The maximum atomic E-state index is 12.6. The Labute approximate surface area is 151 Å². The van der Waals surface area contributed by atoms with Crippen LogP contribution in [0.3, 0.4) is 0 Å². The van der Waals surface area contributed by atoms with E-state index in [1.54, 1.807) is 10.9 Å². The SMILES string of the molecule is Cc1cnn(CC(=O)Nc2sc3c(c2C(=O)OC(C)C)CCCC3)c1. The standard InChI is InChI=1S/C18H23N3O3S/c1-11(2)24-18(23)16-13-6-4-5-7-14(13)25-17(16)20-15(22)10-21-9-12(3)8-19-21/h8-9,11H,4-7,10H2,1-3H3,(H,20,22). The molecule has 1 aliphatic carbocycles. The zero-order chi connectivity index (χ0) is 18.0. The highest BCUT2D eigenvalue weighted by molar-refractivity contribution is 7.17. The number of esters is 1. The van der Waals surface area contributed by atoms with E-state index in [4.69, 9.17) is 4.74 Å². The lowest BCUT2D eigenvalue weighted by Crippen LogP contribution is -2.21. The van der Waals surface area contributed by atoms with Gasteiger partial charge in [0.15, 0.2) is 0 Å². The van der Waals surface area contributed by atoms with Crippen molar-refractivity contribution in [2.75, 3.05) is 5.32 Å². The first-order valence-corrected chi connectivity index (χ1v) is 9.40. The fourth-order valence-corrected chi connectivity index (χ4v) is 4.30. The summed E-state index contributed by atoms with van der Waals surface area (Å²) in [4.78, 5) is 26.1. The fourth-order valence-electron chi connectivity index (χ4n) is 3.01. The van der Waals surface area contributed by atoms with Crippen LogP contribution in [-0.4, -0.2) is 27.8 Å². The van der Waals surface area contributed by atoms with Crippen LogP contribution in [0.5, 0.6) is 0 Å². The number of hydrogen-bond acceptors (Lipinski definition) is 5. The van der Waals surface area contributed by atoms with Gasteiger partial charge in [-0.1, -0.05) is 0 Å². The molecule has 0 bridgehead atoms. The highest BCUT2D eigenvalue weighted by Gasteiger charge is 2.27. The molecule has 0 spiro atoms. The molecule has 0 atom stereocenters. The van der Waals surface area contributed by atoms with Crippen LogP contribution >= 0.6 is 11.3 Å². The molecule has 0 unspecified atom stereocenters. The summed E-state index contributed by atoms with van der Waals surface area (Å²) in [7, 11) is 0. The fraction of sp³-hybridized carbons (Fsp3) is 0.500. The van der Waals surface area contributed by atoms with Crippen LogP contribution in [-0.2, 0) is 28.9 Å². The van der Waals surface area contributed by atoms with E-state index in [0.29, 0.717) is 10.6 Å². The smallest absolute Gasteiger partial charge is 0.341 e. The van der Waals surface area contributed by atoms with Crippen molar-refractivity contribution in [3.63, 3.8) is 0 Å². The topological polar surface area (TPSA) is 73.2 Å². The number of aromatic nitrogens is 2. The van der Waals surface area contributed by atoms with Crippen molar-refractivity contribution in [1.82, 2.24) is 9.78 Å². The minimum Gasteiger partial charge on any atom is -0.459 e. The van der Waals surface area contributed by atoms with Crippen molar-refractivity contribution in [1.29, 1.82) is 0 Å². The van der Waals surface area contributed by atoms with E-state index in [9.17, 15) is 9.59 Å². The number of aryl methyl sites for hydroxylation is 2. The molecular formula is C18H23N3O3S. The molecule has 2 aromatic rings. The third kappa shape index (κ3) is 4.10. The summed E-state index contributed by atoms with van der Waals surface area (Å²) in [5.41, 5.74) is 2.59. The Morgan fingerprint density at radius 2 is 2.12 bits per heavy atom. The van der Waals surface area contributed by atoms with Crippen LogP contribution < -0.4 is 5.32 Å². The van der Waals surface area contributed by atoms with E-state index in [0.717, 1.165) is 36.8 Å². The summed E-state index contributed by atoms with van der Waals surface area (Å²) < 4.78 is 6.99. The van der Waals surface area contributed by atoms with Gasteiger partial charge >= 0.3 is 5.97 Å². The summed E-state index contributed by atoms with van der Waals surface area (Å²) in [6.07, 6.45) is 7.33. The number of nitrogens with one attached hydrogen (secondary N) is 1. The molecule has 0 aliphatic heterocycles. The molecule has 0 fully saturated rings. The molecule has 2 heterocycles. The first-order chi connectivity index (χ1) is 11.9. The van der Waals surface area contributed by atoms with E-state index < -0.39 is 0 Å². The number of anilines is 1. The lowest BCUT2D eigenvalue weighted by Gasteiger charge is -2.14. The van der Waals surface area contributed by atoms with Crippen LogP contribution in [0.25, 0.3) is 0 Å². The van der Waals surface area contributed by atoms with Crippen LogP contribution in [0.1, 0.15) is 53.1 Å². The first kappa shape index (κ1) is 17.7. The number of carbonyl (C=O) groups is 2. The zero-order valence-corrected chi connectivity index (χ0v) is 15.6. The molecule has 1 N–H and O–H groups in total. The minimum absolute atomic E-state index is 0.120. The average Bonchev–Trinajstić information content (AvgIpc) is 3.09. The van der Waals surface area contributed by atoms with E-state index in [2.05, 4.69) is 10.4 Å². The Hall–Kier alpha value is -2.15. The van der Waals surface area contributed by atoms with Crippen LogP contribution in [0.15, 0.2) is 12.4 Å². The first-order valence-electron chi connectivity index (χ1n) is 8.58. The summed E-state index contributed by atoms with van der Waals surface area (Å²) in [6.45, 7) is 5.70. The van der Waals surface area contributed by atoms with Gasteiger partial charge in [0.2, 0.25) is 5.91 Å². The second-order valence-corrected chi connectivity index (χ2v) is 7.74. The summed E-state index contributed by atoms with van der Waals surface area (Å²) >= 11 is 1.50. The third-order valence-corrected chi connectivity index (χ3v) is 5.25. The molecule has 0 saturated carbocycles. The summed E-state index contributed by atoms with van der Waals surface area (Å²) in [5, 5.41) is 7.63. The number of amides is 1. The normalized spacial score (nSPS) is 13.6. The van der Waals surface area contributed by atoms with Gasteiger partial charge in [0.05, 0.1) is 17.9 Å². The number of hydrogen-bond donors (Lipinski definition) is 1. The van der Waals surface area contributed by atoms with Crippen molar-refractivity contribution in [3.8, 4) is 0 Å². The monoisotopic (exact) mass is 361 g/mol. The Morgan fingerprint density at radius 1 is 1.36 bits per heavy atom. The Balaban J connectivity index is 1.83. The summed E-state index contributed by atoms with van der Waals surface area (Å²) in [5.74, 6) is -0.542. The lowest BCUT2D eigenvalue weighted by molar-refractivity contribution is -0.116. The van der Waals surface area contributed by atoms with Gasteiger partial charge in [-0.25, -0.2) is 4.79 Å². The Kier molecular flexibility index (Phi) is 5.22. The Bertz CT molecular complexity index is 792. The van der Waals surface area contributed by atoms with E-state index in [1.807, 2.05) is 27.0 Å². The largest absolute Gasteiger partial charge is 0.459 e. The van der Waals surface area contributed by atoms with E-state index >= 15 is 0 Å². The number of fused-ring (bicyclic) bond motifs is 1. The van der Waals surface area contributed by atoms with Crippen LogP contribution in [0.4, 0.5) is 5.00 Å². The van der Waals surface area contributed by atoms with Gasteiger partial charge in [0.25, 0.3) is 0 Å². The lowest BCUT2D eigenvalue weighted by atomic mass is 9.95. The van der Waals surface area contributed by atoms with Gasteiger partial charge in [-0.3, -0.25) is 9.48 Å². The molecule has 1 aliphatic rings. The van der Waals surface area contributed by atoms with Crippen molar-refractivity contribution < 1.29 is 14.3 Å². The van der Waals surface area contributed by atoms with Gasteiger partial charge in [-0.2, -0.15) is 5.10 Å². The molecule has 1 amide bonds. The molecular weight excluding hydrogens is 338 g/mol. The number of rotatable bonds is 5. The molecule has 0 aromatic carbocycles. The predicted molar refractivity (Wildman–Crippen MR) is 97.1 cm³/mol. The Morgan fingerprint density at radius 3 is 2.80 bits per heavy atom. The number of nitrogens with zero attached hydrogens (tertiary/aromatic N) is 2. The molecule has 25 heavy (non-hydrogen) atoms. The maximum Gasteiger partial charge on any atom is 0.341 e. The molecule has 2 aromatic heterocycles. The van der Waals surface area contributed by atoms with Gasteiger partial charge < -0.3 is 10.1 Å². The molecule has 0 saturated heterocycles. The van der Waals surface area contributed by atoms with Gasteiger partial charge in [-0.05, 0) is 57.6 Å². The molecule has 134 valence electrons. The van der Waals surface area contributed by atoms with E-state index in [-0.39, 0.29) is 24.5 Å². The molecule has 6 nitrogen and oxygen atoms in total. The molecule has 3 rings (SSSR count). The van der Waals surface area contributed by atoms with Crippen LogP contribution in [0, 0.1) is 6.92 Å². The highest BCUT2D eigenvalue weighted by atomic mass is 32.1. The van der Waals surface area contributed by atoms with Gasteiger partial charge in [0.1, 0.15) is 11.5 Å². The zero-order valence-electron chi connectivity index (χ0n) is 14.8.